The molecule has 4 aliphatic rings. The molecule has 0 saturated carbocycles. The van der Waals surface area contributed by atoms with Crippen molar-refractivity contribution in [2.24, 2.45) is 0 Å². The molecule has 3 aromatic carbocycles. The van der Waals surface area contributed by atoms with E-state index >= 15 is 4.39 Å². The van der Waals surface area contributed by atoms with Gasteiger partial charge in [-0.3, -0.25) is 24.6 Å². The van der Waals surface area contributed by atoms with Crippen molar-refractivity contribution in [2.75, 3.05) is 62.6 Å². The van der Waals surface area contributed by atoms with E-state index in [4.69, 9.17) is 0 Å². The summed E-state index contributed by atoms with van der Waals surface area (Å²) in [6, 6.07) is 12.7. The first kappa shape index (κ1) is 44.5. The van der Waals surface area contributed by atoms with Crippen LogP contribution >= 0.6 is 0 Å². The van der Waals surface area contributed by atoms with Crippen molar-refractivity contribution in [2.45, 2.75) is 109 Å². The number of anilines is 2. The number of benzene rings is 3. The zero-order chi connectivity index (χ0) is 44.4. The minimum atomic E-state index is -4.42. The molecule has 0 radical (unpaired) electrons. The molecule has 0 spiro atoms. The van der Waals surface area contributed by atoms with Crippen LogP contribution in [-0.4, -0.2) is 101 Å². The first-order chi connectivity index (χ1) is 30.2. The van der Waals surface area contributed by atoms with E-state index in [0.717, 1.165) is 105 Å². The van der Waals surface area contributed by atoms with E-state index in [0.29, 0.717) is 22.5 Å². The van der Waals surface area contributed by atoms with Gasteiger partial charge in [-0.2, -0.15) is 18.3 Å². The van der Waals surface area contributed by atoms with Gasteiger partial charge < -0.3 is 20.0 Å². The standard InChI is InChI=1S/C48H58F4N8O3/c1-30-36(10-9-11-41(30)48(50,51)52)31(2)53-45-40-27-35(12-13-37(40)32(3)55-56-45)59-24-22-58(23-25-59)19-8-6-4-5-7-18-57-20-16-33(17-21-57)38-26-34-29-60(47(63)39(34)28-42(38)49)43-14-15-44(61)54-46(43)62/h9-13,26-28,31,33,43H,4-8,14-25,29H2,1-3H3,(H,53,56)(H,54,61,62). The maximum atomic E-state index is 15.4. The molecule has 3 saturated heterocycles. The van der Waals surface area contributed by atoms with E-state index in [1.54, 1.807) is 6.07 Å². The fourth-order valence-electron chi connectivity index (χ4n) is 10.1. The third kappa shape index (κ3) is 9.84. The molecule has 2 unspecified atom stereocenters. The molecule has 2 atom stereocenters. The number of imide groups is 1. The van der Waals surface area contributed by atoms with Crippen LogP contribution in [0.4, 0.5) is 29.1 Å². The minimum Gasteiger partial charge on any atom is -0.369 e. The lowest BCUT2D eigenvalue weighted by molar-refractivity contribution is -0.138. The number of likely N-dealkylation sites (tertiary alicyclic amines) is 1. The average molecular weight is 871 g/mol. The molecule has 8 rings (SSSR count). The fraction of sp³-hybridized carbons (Fsp3) is 0.521. The number of aryl methyl sites for hydroxylation is 1. The summed E-state index contributed by atoms with van der Waals surface area (Å²) in [4.78, 5) is 46.0. The lowest BCUT2D eigenvalue weighted by atomic mass is 9.87. The van der Waals surface area contributed by atoms with Gasteiger partial charge in [0.2, 0.25) is 11.8 Å². The second-order valence-electron chi connectivity index (χ2n) is 17.9. The minimum absolute atomic E-state index is 0.0948. The Morgan fingerprint density at radius 1 is 0.825 bits per heavy atom. The molecule has 15 heteroatoms. The van der Waals surface area contributed by atoms with Crippen molar-refractivity contribution >= 4 is 40.0 Å². The molecule has 5 heterocycles. The monoisotopic (exact) mass is 870 g/mol. The van der Waals surface area contributed by atoms with Crippen molar-refractivity contribution in [3.63, 3.8) is 0 Å². The maximum absolute atomic E-state index is 15.4. The van der Waals surface area contributed by atoms with E-state index in [-0.39, 0.29) is 48.5 Å². The molecule has 4 aliphatic heterocycles. The third-order valence-electron chi connectivity index (χ3n) is 13.8. The molecule has 3 amide bonds. The summed E-state index contributed by atoms with van der Waals surface area (Å²) < 4.78 is 56.3. The van der Waals surface area contributed by atoms with Crippen molar-refractivity contribution in [3.05, 3.63) is 93.4 Å². The van der Waals surface area contributed by atoms with Gasteiger partial charge in [-0.15, -0.1) is 5.10 Å². The van der Waals surface area contributed by atoms with E-state index in [9.17, 15) is 27.6 Å². The van der Waals surface area contributed by atoms with Gasteiger partial charge >= 0.3 is 6.18 Å². The summed E-state index contributed by atoms with van der Waals surface area (Å²) in [6.07, 6.45) is 3.68. The highest BCUT2D eigenvalue weighted by molar-refractivity contribution is 6.05. The Balaban J connectivity index is 0.737. The van der Waals surface area contributed by atoms with Crippen LogP contribution in [0.1, 0.15) is 121 Å². The predicted molar refractivity (Wildman–Crippen MR) is 235 cm³/mol. The number of hydrogen-bond acceptors (Lipinski definition) is 9. The van der Waals surface area contributed by atoms with Crippen molar-refractivity contribution in [1.82, 2.24) is 30.2 Å². The van der Waals surface area contributed by atoms with Crippen LogP contribution in [0, 0.1) is 19.7 Å². The average Bonchev–Trinajstić information content (AvgIpc) is 3.57. The largest absolute Gasteiger partial charge is 0.416 e. The van der Waals surface area contributed by atoms with E-state index in [2.05, 4.69) is 53.7 Å². The molecule has 4 aromatic rings. The number of piperidine rings is 2. The quantitative estimate of drug-likeness (QED) is 0.0735. The Bertz CT molecular complexity index is 2340. The maximum Gasteiger partial charge on any atom is 0.416 e. The van der Waals surface area contributed by atoms with E-state index in [1.807, 2.05) is 19.9 Å². The summed E-state index contributed by atoms with van der Waals surface area (Å²) in [5, 5.41) is 16.3. The highest BCUT2D eigenvalue weighted by Gasteiger charge is 2.40. The first-order valence-electron chi connectivity index (χ1n) is 22.6. The van der Waals surface area contributed by atoms with Crippen LogP contribution in [0.25, 0.3) is 10.8 Å². The van der Waals surface area contributed by atoms with Gasteiger partial charge in [-0.05, 0) is 131 Å². The van der Waals surface area contributed by atoms with Gasteiger partial charge in [0.05, 0.1) is 17.3 Å². The number of halogens is 4. The van der Waals surface area contributed by atoms with Crippen LogP contribution in [0.3, 0.4) is 0 Å². The van der Waals surface area contributed by atoms with Gasteiger partial charge in [0, 0.05) is 61.2 Å². The number of unbranched alkanes of at least 4 members (excludes halogenated alkanes) is 4. The number of aromatic nitrogens is 2. The number of alkyl halides is 3. The van der Waals surface area contributed by atoms with Gasteiger partial charge in [0.1, 0.15) is 11.9 Å². The first-order valence-corrected chi connectivity index (χ1v) is 22.6. The van der Waals surface area contributed by atoms with Crippen molar-refractivity contribution < 1.29 is 31.9 Å². The van der Waals surface area contributed by atoms with Crippen molar-refractivity contribution in [3.8, 4) is 0 Å². The van der Waals surface area contributed by atoms with Gasteiger partial charge in [-0.1, -0.05) is 43.5 Å². The second kappa shape index (κ2) is 18.9. The Morgan fingerprint density at radius 3 is 2.22 bits per heavy atom. The second-order valence-corrected chi connectivity index (χ2v) is 17.9. The highest BCUT2D eigenvalue weighted by atomic mass is 19.4. The lowest BCUT2D eigenvalue weighted by Crippen LogP contribution is -2.52. The Hall–Kier alpha value is -5.15. The number of rotatable bonds is 14. The molecule has 0 bridgehead atoms. The van der Waals surface area contributed by atoms with Crippen LogP contribution in [0.5, 0.6) is 0 Å². The summed E-state index contributed by atoms with van der Waals surface area (Å²) in [6.45, 7) is 13.3. The lowest BCUT2D eigenvalue weighted by Gasteiger charge is -2.36. The number of amides is 3. The highest BCUT2D eigenvalue weighted by Crippen LogP contribution is 2.38. The topological polar surface area (TPSA) is 114 Å². The Labute approximate surface area is 366 Å². The molecular weight excluding hydrogens is 813 g/mol. The number of piperazine rings is 1. The molecule has 336 valence electrons. The Morgan fingerprint density at radius 2 is 1.52 bits per heavy atom. The van der Waals surface area contributed by atoms with Crippen LogP contribution in [0.15, 0.2) is 48.5 Å². The normalized spacial score (nSPS) is 19.8. The number of carbonyl (C=O) groups is 3. The van der Waals surface area contributed by atoms with Crippen LogP contribution in [-0.2, 0) is 22.3 Å². The molecule has 63 heavy (non-hydrogen) atoms. The van der Waals surface area contributed by atoms with Crippen LogP contribution < -0.4 is 15.5 Å². The molecule has 11 nitrogen and oxygen atoms in total. The number of fused-ring (bicyclic) bond motifs is 2. The molecule has 2 N–H and O–H groups in total. The fourth-order valence-corrected chi connectivity index (χ4v) is 10.1. The number of carbonyl (C=O) groups excluding carboxylic acids is 3. The number of nitrogens with zero attached hydrogens (tertiary/aromatic N) is 6. The Kier molecular flexibility index (Phi) is 13.3. The van der Waals surface area contributed by atoms with Crippen molar-refractivity contribution in [1.29, 1.82) is 0 Å². The SMILES string of the molecule is Cc1c(C(C)Nc2nnc(C)c3ccc(N4CCN(CCCCCCCN5CCC(c6cc7c(cc6F)C(=O)N(C6CCC(=O)NC6=O)C7)CC5)CC4)cc23)cccc1C(F)(F)F. The number of nitrogens with one attached hydrogen (secondary N) is 2. The zero-order valence-electron chi connectivity index (χ0n) is 36.5. The molecular formula is C48H58F4N8O3. The number of hydrogen-bond donors (Lipinski definition) is 2. The molecule has 3 fully saturated rings. The van der Waals surface area contributed by atoms with Gasteiger partial charge in [-0.25, -0.2) is 4.39 Å². The predicted octanol–water partition coefficient (Wildman–Crippen LogP) is 8.29. The smallest absolute Gasteiger partial charge is 0.369 e. The molecule has 1 aromatic heterocycles. The van der Waals surface area contributed by atoms with Gasteiger partial charge in [0.25, 0.3) is 5.91 Å². The zero-order valence-corrected chi connectivity index (χ0v) is 36.5. The van der Waals surface area contributed by atoms with Crippen LogP contribution in [0.2, 0.25) is 0 Å². The molecule has 0 aliphatic carbocycles. The third-order valence-corrected chi connectivity index (χ3v) is 13.8. The summed E-state index contributed by atoms with van der Waals surface area (Å²) in [5.41, 5.74) is 3.77. The summed E-state index contributed by atoms with van der Waals surface area (Å²) in [5.74, 6) is -0.847. The van der Waals surface area contributed by atoms with Gasteiger partial charge in [0.15, 0.2) is 5.82 Å². The van der Waals surface area contributed by atoms with E-state index < -0.39 is 29.7 Å². The summed E-state index contributed by atoms with van der Waals surface area (Å²) in [7, 11) is 0. The van der Waals surface area contributed by atoms with E-state index in [1.165, 1.54) is 49.6 Å². The summed E-state index contributed by atoms with van der Waals surface area (Å²) >= 11 is 0.